The molecule has 1 aliphatic heterocycles. The van der Waals surface area contributed by atoms with Crippen molar-refractivity contribution < 1.29 is 19.4 Å². The van der Waals surface area contributed by atoms with Crippen LogP contribution in [0.2, 0.25) is 0 Å². The highest BCUT2D eigenvalue weighted by Crippen LogP contribution is 2.32. The number of aryl methyl sites for hydroxylation is 1. The van der Waals surface area contributed by atoms with Crippen LogP contribution in [0.25, 0.3) is 0 Å². The van der Waals surface area contributed by atoms with E-state index < -0.39 is 17.9 Å². The van der Waals surface area contributed by atoms with Crippen molar-refractivity contribution in [2.24, 2.45) is 0 Å². The number of carbonyl (C=O) groups is 2. The summed E-state index contributed by atoms with van der Waals surface area (Å²) in [6.45, 7) is 4.44. The third-order valence-corrected chi connectivity index (χ3v) is 4.95. The van der Waals surface area contributed by atoms with Crippen LogP contribution in [0, 0.1) is 6.92 Å². The van der Waals surface area contributed by atoms with Gasteiger partial charge in [0.05, 0.1) is 18.8 Å². The number of fused-ring (bicyclic) bond motifs is 1. The molecule has 0 saturated carbocycles. The summed E-state index contributed by atoms with van der Waals surface area (Å²) in [7, 11) is 0. The van der Waals surface area contributed by atoms with Gasteiger partial charge < -0.3 is 20.5 Å². The van der Waals surface area contributed by atoms with E-state index >= 15 is 0 Å². The number of carbonyl (C=O) groups excluding carboxylic acids is 1. The van der Waals surface area contributed by atoms with E-state index in [1.54, 1.807) is 35.0 Å². The Hall–Kier alpha value is -4.07. The summed E-state index contributed by atoms with van der Waals surface area (Å²) < 4.78 is 7.03. The molecule has 3 N–H and O–H groups in total. The van der Waals surface area contributed by atoms with Crippen LogP contribution in [0.1, 0.15) is 34.5 Å². The Morgan fingerprint density at radius 1 is 1.16 bits per heavy atom. The van der Waals surface area contributed by atoms with Crippen LogP contribution in [-0.4, -0.2) is 33.4 Å². The standard InChI is InChI=1S/C23H22N4O4/c1-3-31-17-10-8-16(9-11-17)25-22(28)18-13-24-27-20(15-6-4-14(2)5-7-15)12-19(23(29)30)26-21(18)27/h4-13,20,26H,3H2,1-2H3,(H,25,28)(H,29,30). The molecule has 158 valence electrons. The molecule has 31 heavy (non-hydrogen) atoms. The fraction of sp³-hybridized carbons (Fsp3) is 0.174. The van der Waals surface area contributed by atoms with Gasteiger partial charge in [0, 0.05) is 5.69 Å². The molecule has 3 aromatic rings. The first-order valence-corrected chi connectivity index (χ1v) is 9.86. The zero-order valence-corrected chi connectivity index (χ0v) is 17.1. The van der Waals surface area contributed by atoms with E-state index in [1.807, 2.05) is 38.1 Å². The van der Waals surface area contributed by atoms with Crippen LogP contribution in [0.15, 0.2) is 66.5 Å². The second-order valence-corrected chi connectivity index (χ2v) is 7.13. The van der Waals surface area contributed by atoms with Crippen LogP contribution in [0.3, 0.4) is 0 Å². The summed E-state index contributed by atoms with van der Waals surface area (Å²) in [5.74, 6) is -0.467. The van der Waals surface area contributed by atoms with Crippen molar-refractivity contribution in [3.05, 3.63) is 83.2 Å². The minimum Gasteiger partial charge on any atom is -0.494 e. The number of rotatable bonds is 6. The van der Waals surface area contributed by atoms with Crippen LogP contribution in [0.4, 0.5) is 11.5 Å². The number of nitrogens with zero attached hydrogens (tertiary/aromatic N) is 2. The largest absolute Gasteiger partial charge is 0.494 e. The van der Waals surface area contributed by atoms with E-state index in [0.717, 1.165) is 11.1 Å². The van der Waals surface area contributed by atoms with Gasteiger partial charge in [-0.3, -0.25) is 4.79 Å². The Bertz CT molecular complexity index is 1150. The number of allylic oxidation sites excluding steroid dienone is 1. The van der Waals surface area contributed by atoms with E-state index in [2.05, 4.69) is 15.7 Å². The number of amides is 1. The smallest absolute Gasteiger partial charge is 0.352 e. The van der Waals surface area contributed by atoms with Crippen molar-refractivity contribution in [3.8, 4) is 5.75 Å². The van der Waals surface area contributed by atoms with Crippen molar-refractivity contribution in [3.63, 3.8) is 0 Å². The number of aliphatic carboxylic acids is 1. The van der Waals surface area contributed by atoms with Crippen LogP contribution in [0.5, 0.6) is 5.75 Å². The zero-order valence-electron chi connectivity index (χ0n) is 17.1. The molecule has 1 atom stereocenters. The van der Waals surface area contributed by atoms with Gasteiger partial charge in [-0.05, 0) is 49.8 Å². The van der Waals surface area contributed by atoms with E-state index in [1.165, 1.54) is 6.20 Å². The minimum atomic E-state index is -1.11. The second-order valence-electron chi connectivity index (χ2n) is 7.13. The molecule has 2 aromatic carbocycles. The predicted molar refractivity (Wildman–Crippen MR) is 116 cm³/mol. The SMILES string of the molecule is CCOc1ccc(NC(=O)c2cnn3c2NC(C(=O)O)=CC3c2ccc(C)cc2)cc1. The summed E-state index contributed by atoms with van der Waals surface area (Å²) in [5.41, 5.74) is 2.80. The molecule has 4 rings (SSSR count). The number of ether oxygens (including phenoxy) is 1. The molecule has 0 fully saturated rings. The van der Waals surface area contributed by atoms with Crippen molar-refractivity contribution in [2.75, 3.05) is 17.2 Å². The molecule has 1 unspecified atom stereocenters. The van der Waals surface area contributed by atoms with Gasteiger partial charge in [-0.2, -0.15) is 5.10 Å². The van der Waals surface area contributed by atoms with E-state index in [-0.39, 0.29) is 11.3 Å². The van der Waals surface area contributed by atoms with Gasteiger partial charge in [-0.15, -0.1) is 0 Å². The van der Waals surface area contributed by atoms with Gasteiger partial charge in [0.15, 0.2) is 0 Å². The number of hydrogen-bond donors (Lipinski definition) is 3. The molecule has 0 saturated heterocycles. The van der Waals surface area contributed by atoms with Crippen molar-refractivity contribution in [1.82, 2.24) is 9.78 Å². The fourth-order valence-electron chi connectivity index (χ4n) is 3.39. The van der Waals surface area contributed by atoms with Crippen molar-refractivity contribution in [2.45, 2.75) is 19.9 Å². The van der Waals surface area contributed by atoms with Crippen molar-refractivity contribution in [1.29, 1.82) is 0 Å². The van der Waals surface area contributed by atoms with Gasteiger partial charge in [-0.1, -0.05) is 29.8 Å². The average Bonchev–Trinajstić information content (AvgIpc) is 3.19. The Morgan fingerprint density at radius 3 is 2.52 bits per heavy atom. The minimum absolute atomic E-state index is 0.00584. The molecule has 8 heteroatoms. The first kappa shape index (κ1) is 20.2. The lowest BCUT2D eigenvalue weighted by Crippen LogP contribution is -2.25. The molecule has 0 spiro atoms. The summed E-state index contributed by atoms with van der Waals surface area (Å²) in [6.07, 6.45) is 3.02. The lowest BCUT2D eigenvalue weighted by molar-refractivity contribution is -0.132. The Labute approximate surface area is 179 Å². The molecule has 0 bridgehead atoms. The Kier molecular flexibility index (Phi) is 5.44. The highest BCUT2D eigenvalue weighted by Gasteiger charge is 2.29. The summed E-state index contributed by atoms with van der Waals surface area (Å²) >= 11 is 0. The first-order valence-electron chi connectivity index (χ1n) is 9.86. The van der Waals surface area contributed by atoms with Gasteiger partial charge >= 0.3 is 5.97 Å². The van der Waals surface area contributed by atoms with Gasteiger partial charge in [0.1, 0.15) is 22.8 Å². The lowest BCUT2D eigenvalue weighted by atomic mass is 10.0. The number of carboxylic acid groups (broad SMARTS) is 1. The quantitative estimate of drug-likeness (QED) is 0.562. The number of nitrogens with one attached hydrogen (secondary N) is 2. The van der Waals surface area contributed by atoms with Gasteiger partial charge in [0.2, 0.25) is 0 Å². The van der Waals surface area contributed by atoms with Crippen molar-refractivity contribution >= 4 is 23.4 Å². The molecular weight excluding hydrogens is 396 g/mol. The monoisotopic (exact) mass is 418 g/mol. The molecule has 1 aliphatic rings. The molecule has 1 aromatic heterocycles. The summed E-state index contributed by atoms with van der Waals surface area (Å²) in [6, 6.07) is 14.3. The highest BCUT2D eigenvalue weighted by molar-refractivity contribution is 6.08. The second kappa shape index (κ2) is 8.35. The molecule has 0 radical (unpaired) electrons. The molecule has 8 nitrogen and oxygen atoms in total. The average molecular weight is 418 g/mol. The molecule has 0 aliphatic carbocycles. The van der Waals surface area contributed by atoms with Crippen LogP contribution < -0.4 is 15.4 Å². The number of benzene rings is 2. The number of carboxylic acids is 1. The van der Waals surface area contributed by atoms with Gasteiger partial charge in [-0.25, -0.2) is 9.48 Å². The molecule has 2 heterocycles. The predicted octanol–water partition coefficient (Wildman–Crippen LogP) is 3.83. The summed E-state index contributed by atoms with van der Waals surface area (Å²) in [5, 5.41) is 19.6. The maximum absolute atomic E-state index is 12.9. The highest BCUT2D eigenvalue weighted by atomic mass is 16.5. The Morgan fingerprint density at radius 2 is 1.87 bits per heavy atom. The number of anilines is 2. The van der Waals surface area contributed by atoms with E-state index in [9.17, 15) is 14.7 Å². The Balaban J connectivity index is 1.64. The topological polar surface area (TPSA) is 105 Å². The lowest BCUT2D eigenvalue weighted by Gasteiger charge is -2.24. The van der Waals surface area contributed by atoms with E-state index in [0.29, 0.717) is 23.9 Å². The maximum Gasteiger partial charge on any atom is 0.352 e. The molecular formula is C23H22N4O4. The molecule has 1 amide bonds. The van der Waals surface area contributed by atoms with Gasteiger partial charge in [0.25, 0.3) is 5.91 Å². The number of aromatic nitrogens is 2. The van der Waals surface area contributed by atoms with Crippen LogP contribution >= 0.6 is 0 Å². The third-order valence-electron chi connectivity index (χ3n) is 4.95. The number of hydrogen-bond acceptors (Lipinski definition) is 5. The van der Waals surface area contributed by atoms with Crippen LogP contribution in [-0.2, 0) is 4.79 Å². The third kappa shape index (κ3) is 4.13. The maximum atomic E-state index is 12.9. The summed E-state index contributed by atoms with van der Waals surface area (Å²) in [4.78, 5) is 24.6. The zero-order chi connectivity index (χ0) is 22.0. The fourth-order valence-corrected chi connectivity index (χ4v) is 3.39. The first-order chi connectivity index (χ1) is 15.0. The van der Waals surface area contributed by atoms with E-state index in [4.69, 9.17) is 4.74 Å². The normalized spacial score (nSPS) is 14.8.